The SMILES string of the molecule is Cc1cn[nH]c1NC(=O)c1ccccc1O. The molecule has 16 heavy (non-hydrogen) atoms. The Balaban J connectivity index is 2.22. The monoisotopic (exact) mass is 217 g/mol. The predicted molar refractivity (Wildman–Crippen MR) is 59.4 cm³/mol. The van der Waals surface area contributed by atoms with Crippen LogP contribution in [0.15, 0.2) is 30.5 Å². The molecular formula is C11H11N3O2. The van der Waals surface area contributed by atoms with Crippen LogP contribution in [0.25, 0.3) is 0 Å². The van der Waals surface area contributed by atoms with E-state index in [1.807, 2.05) is 6.92 Å². The van der Waals surface area contributed by atoms with Crippen LogP contribution in [0.1, 0.15) is 15.9 Å². The number of nitrogens with zero attached hydrogens (tertiary/aromatic N) is 1. The standard InChI is InChI=1S/C11H11N3O2/c1-7-6-12-14-10(7)13-11(16)8-4-2-3-5-9(8)15/h2-6,15H,1H3,(H2,12,13,14,16). The second-order valence-corrected chi connectivity index (χ2v) is 3.40. The van der Waals surface area contributed by atoms with E-state index in [2.05, 4.69) is 15.5 Å². The minimum Gasteiger partial charge on any atom is -0.507 e. The van der Waals surface area contributed by atoms with Crippen LogP contribution < -0.4 is 5.32 Å². The van der Waals surface area contributed by atoms with Crippen LogP contribution >= 0.6 is 0 Å². The van der Waals surface area contributed by atoms with E-state index in [-0.39, 0.29) is 17.2 Å². The number of hydrogen-bond acceptors (Lipinski definition) is 3. The highest BCUT2D eigenvalue weighted by atomic mass is 16.3. The van der Waals surface area contributed by atoms with Crippen molar-refractivity contribution in [1.29, 1.82) is 0 Å². The van der Waals surface area contributed by atoms with E-state index in [1.165, 1.54) is 6.07 Å². The summed E-state index contributed by atoms with van der Waals surface area (Å²) < 4.78 is 0. The number of aromatic amines is 1. The van der Waals surface area contributed by atoms with Gasteiger partial charge in [0.05, 0.1) is 11.8 Å². The molecule has 5 heteroatoms. The molecule has 0 bridgehead atoms. The van der Waals surface area contributed by atoms with Crippen LogP contribution in [0.3, 0.4) is 0 Å². The summed E-state index contributed by atoms with van der Waals surface area (Å²) in [6, 6.07) is 6.37. The molecule has 5 nitrogen and oxygen atoms in total. The van der Waals surface area contributed by atoms with Crippen LogP contribution in [-0.2, 0) is 0 Å². The number of benzene rings is 1. The molecule has 0 fully saturated rings. The molecule has 0 spiro atoms. The lowest BCUT2D eigenvalue weighted by Gasteiger charge is -2.05. The molecule has 82 valence electrons. The van der Waals surface area contributed by atoms with Gasteiger partial charge in [-0.05, 0) is 19.1 Å². The summed E-state index contributed by atoms with van der Waals surface area (Å²) in [7, 11) is 0. The molecule has 0 saturated heterocycles. The molecule has 2 aromatic rings. The number of hydrogen-bond donors (Lipinski definition) is 3. The lowest BCUT2D eigenvalue weighted by molar-refractivity contribution is 0.102. The molecule has 1 heterocycles. The number of carbonyl (C=O) groups excluding carboxylic acids is 1. The van der Waals surface area contributed by atoms with Gasteiger partial charge in [-0.25, -0.2) is 0 Å². The van der Waals surface area contributed by atoms with Crippen molar-refractivity contribution in [3.8, 4) is 5.75 Å². The van der Waals surface area contributed by atoms with E-state index in [0.717, 1.165) is 5.56 Å². The Hall–Kier alpha value is -2.30. The fraction of sp³-hybridized carbons (Fsp3) is 0.0909. The molecule has 1 aromatic heterocycles. The van der Waals surface area contributed by atoms with Crippen molar-refractivity contribution in [2.24, 2.45) is 0 Å². The topological polar surface area (TPSA) is 78.0 Å². The highest BCUT2D eigenvalue weighted by Crippen LogP contribution is 2.17. The molecular weight excluding hydrogens is 206 g/mol. The Bertz CT molecular complexity index is 519. The highest BCUT2D eigenvalue weighted by Gasteiger charge is 2.11. The summed E-state index contributed by atoms with van der Waals surface area (Å²) in [5, 5.41) is 18.6. The smallest absolute Gasteiger partial charge is 0.260 e. The number of anilines is 1. The molecule has 0 atom stereocenters. The van der Waals surface area contributed by atoms with Crippen molar-refractivity contribution in [1.82, 2.24) is 10.2 Å². The maximum absolute atomic E-state index is 11.8. The number of phenols is 1. The van der Waals surface area contributed by atoms with Crippen molar-refractivity contribution in [3.63, 3.8) is 0 Å². The van der Waals surface area contributed by atoms with Crippen LogP contribution in [0.4, 0.5) is 5.82 Å². The molecule has 0 radical (unpaired) electrons. The Kier molecular flexibility index (Phi) is 2.59. The Labute approximate surface area is 92.1 Å². The van der Waals surface area contributed by atoms with Gasteiger partial charge in [-0.3, -0.25) is 9.89 Å². The van der Waals surface area contributed by atoms with E-state index in [1.54, 1.807) is 24.4 Å². The molecule has 3 N–H and O–H groups in total. The van der Waals surface area contributed by atoms with Gasteiger partial charge in [-0.15, -0.1) is 0 Å². The number of amides is 1. The van der Waals surface area contributed by atoms with Crippen LogP contribution in [0, 0.1) is 6.92 Å². The number of H-pyrrole nitrogens is 1. The number of carbonyl (C=O) groups is 1. The molecule has 0 aliphatic rings. The highest BCUT2D eigenvalue weighted by molar-refractivity contribution is 6.05. The summed E-state index contributed by atoms with van der Waals surface area (Å²) >= 11 is 0. The zero-order chi connectivity index (χ0) is 11.5. The third-order valence-electron chi connectivity index (χ3n) is 2.22. The fourth-order valence-corrected chi connectivity index (χ4v) is 1.32. The minimum atomic E-state index is -0.370. The van der Waals surface area contributed by atoms with Crippen LogP contribution in [-0.4, -0.2) is 21.2 Å². The summed E-state index contributed by atoms with van der Waals surface area (Å²) in [5.41, 5.74) is 1.07. The number of aromatic nitrogens is 2. The van der Waals surface area contributed by atoms with Crippen molar-refractivity contribution in [2.45, 2.75) is 6.92 Å². The number of rotatable bonds is 2. The number of aromatic hydroxyl groups is 1. The van der Waals surface area contributed by atoms with Gasteiger partial charge in [0, 0.05) is 5.56 Å². The lowest BCUT2D eigenvalue weighted by atomic mass is 10.2. The van der Waals surface area contributed by atoms with Gasteiger partial charge in [0.25, 0.3) is 5.91 Å². The average molecular weight is 217 g/mol. The largest absolute Gasteiger partial charge is 0.507 e. The zero-order valence-electron chi connectivity index (χ0n) is 8.69. The maximum Gasteiger partial charge on any atom is 0.260 e. The van der Waals surface area contributed by atoms with Gasteiger partial charge in [-0.2, -0.15) is 5.10 Å². The van der Waals surface area contributed by atoms with Crippen LogP contribution in [0.5, 0.6) is 5.75 Å². The Morgan fingerprint density at radius 3 is 2.81 bits per heavy atom. The number of para-hydroxylation sites is 1. The van der Waals surface area contributed by atoms with Gasteiger partial charge in [0.1, 0.15) is 11.6 Å². The van der Waals surface area contributed by atoms with E-state index in [0.29, 0.717) is 5.82 Å². The summed E-state index contributed by atoms with van der Waals surface area (Å²) in [5.74, 6) is 0.121. The number of phenolic OH excluding ortho intramolecular Hbond substituents is 1. The second-order valence-electron chi connectivity index (χ2n) is 3.40. The summed E-state index contributed by atoms with van der Waals surface area (Å²) in [4.78, 5) is 11.8. The van der Waals surface area contributed by atoms with Crippen molar-refractivity contribution in [3.05, 3.63) is 41.6 Å². The normalized spacial score (nSPS) is 10.1. The number of nitrogens with one attached hydrogen (secondary N) is 2. The van der Waals surface area contributed by atoms with E-state index >= 15 is 0 Å². The third kappa shape index (κ3) is 1.88. The summed E-state index contributed by atoms with van der Waals surface area (Å²) in [6.07, 6.45) is 1.61. The zero-order valence-corrected chi connectivity index (χ0v) is 8.69. The van der Waals surface area contributed by atoms with E-state index < -0.39 is 0 Å². The van der Waals surface area contributed by atoms with Crippen molar-refractivity contribution in [2.75, 3.05) is 5.32 Å². The molecule has 0 aliphatic heterocycles. The first-order chi connectivity index (χ1) is 7.68. The number of aryl methyl sites for hydroxylation is 1. The average Bonchev–Trinajstić information content (AvgIpc) is 2.65. The molecule has 0 aliphatic carbocycles. The van der Waals surface area contributed by atoms with Gasteiger partial charge in [0.15, 0.2) is 0 Å². The van der Waals surface area contributed by atoms with Crippen molar-refractivity contribution >= 4 is 11.7 Å². The quantitative estimate of drug-likeness (QED) is 0.716. The molecule has 1 aromatic carbocycles. The van der Waals surface area contributed by atoms with Crippen molar-refractivity contribution < 1.29 is 9.90 Å². The van der Waals surface area contributed by atoms with E-state index in [4.69, 9.17) is 0 Å². The van der Waals surface area contributed by atoms with E-state index in [9.17, 15) is 9.90 Å². The molecule has 2 rings (SSSR count). The van der Waals surface area contributed by atoms with Gasteiger partial charge < -0.3 is 10.4 Å². The Morgan fingerprint density at radius 1 is 1.44 bits per heavy atom. The predicted octanol–water partition coefficient (Wildman–Crippen LogP) is 1.68. The molecule has 1 amide bonds. The van der Waals surface area contributed by atoms with Gasteiger partial charge in [0.2, 0.25) is 0 Å². The second kappa shape index (κ2) is 4.06. The summed E-state index contributed by atoms with van der Waals surface area (Å²) in [6.45, 7) is 1.82. The first-order valence-electron chi connectivity index (χ1n) is 4.78. The third-order valence-corrected chi connectivity index (χ3v) is 2.22. The Morgan fingerprint density at radius 2 is 2.19 bits per heavy atom. The fourth-order valence-electron chi connectivity index (χ4n) is 1.32. The lowest BCUT2D eigenvalue weighted by Crippen LogP contribution is -2.13. The first-order valence-corrected chi connectivity index (χ1v) is 4.78. The van der Waals surface area contributed by atoms with Crippen LogP contribution in [0.2, 0.25) is 0 Å². The maximum atomic E-state index is 11.8. The molecule has 0 saturated carbocycles. The minimum absolute atomic E-state index is 0.0443. The van der Waals surface area contributed by atoms with Gasteiger partial charge in [-0.1, -0.05) is 12.1 Å². The molecule has 0 unspecified atom stereocenters. The first kappa shape index (κ1) is 10.2. The van der Waals surface area contributed by atoms with Gasteiger partial charge >= 0.3 is 0 Å².